The predicted molar refractivity (Wildman–Crippen MR) is 147 cm³/mol. The van der Waals surface area contributed by atoms with Crippen molar-refractivity contribution in [2.75, 3.05) is 19.8 Å². The van der Waals surface area contributed by atoms with Crippen LogP contribution < -0.4 is 4.74 Å². The number of aryl methyl sites for hydroxylation is 2. The van der Waals surface area contributed by atoms with Crippen molar-refractivity contribution in [2.45, 2.75) is 52.4 Å². The summed E-state index contributed by atoms with van der Waals surface area (Å²) in [5.74, 6) is -0.313. The maximum atomic E-state index is 15.4. The van der Waals surface area contributed by atoms with Crippen LogP contribution in [0.4, 0.5) is 4.39 Å². The highest BCUT2D eigenvalue weighted by atomic mass is 19.1. The van der Waals surface area contributed by atoms with Gasteiger partial charge in [-0.2, -0.15) is 0 Å². The SMILES string of the molecule is C=C(C)C(=O)OCCOc1cc(CCCO)ccc1-c1ccc(-c2ccc(CCCCC)cc2)cc1F. The Balaban J connectivity index is 1.80. The van der Waals surface area contributed by atoms with Crippen molar-refractivity contribution in [1.29, 1.82) is 0 Å². The quantitative estimate of drug-likeness (QED) is 0.142. The van der Waals surface area contributed by atoms with Crippen LogP contribution in [0.25, 0.3) is 22.3 Å². The third kappa shape index (κ3) is 8.29. The van der Waals surface area contributed by atoms with Gasteiger partial charge in [0.15, 0.2) is 0 Å². The number of aliphatic hydroxyl groups is 1. The van der Waals surface area contributed by atoms with E-state index in [1.165, 1.54) is 24.8 Å². The molecule has 3 aromatic carbocycles. The lowest BCUT2D eigenvalue weighted by molar-refractivity contribution is -0.139. The average molecular weight is 505 g/mol. The summed E-state index contributed by atoms with van der Waals surface area (Å²) in [5.41, 5.74) is 5.43. The molecular formula is C32H37FO4. The zero-order chi connectivity index (χ0) is 26.6. The number of rotatable bonds is 14. The van der Waals surface area contributed by atoms with Crippen molar-refractivity contribution >= 4 is 5.97 Å². The van der Waals surface area contributed by atoms with Crippen molar-refractivity contribution < 1.29 is 23.8 Å². The summed E-state index contributed by atoms with van der Waals surface area (Å²) in [6.07, 6.45) is 5.96. The summed E-state index contributed by atoms with van der Waals surface area (Å²) in [6.45, 7) is 7.62. The van der Waals surface area contributed by atoms with Crippen LogP contribution in [0.3, 0.4) is 0 Å². The van der Waals surface area contributed by atoms with E-state index in [-0.39, 0.29) is 25.6 Å². The van der Waals surface area contributed by atoms with Gasteiger partial charge in [0, 0.05) is 23.3 Å². The maximum Gasteiger partial charge on any atom is 0.333 e. The second-order valence-electron chi connectivity index (χ2n) is 9.27. The van der Waals surface area contributed by atoms with E-state index < -0.39 is 5.97 Å². The van der Waals surface area contributed by atoms with E-state index in [4.69, 9.17) is 9.47 Å². The Morgan fingerprint density at radius 2 is 1.54 bits per heavy atom. The van der Waals surface area contributed by atoms with Gasteiger partial charge in [-0.25, -0.2) is 9.18 Å². The molecule has 0 aliphatic carbocycles. The molecule has 0 saturated carbocycles. The molecule has 0 heterocycles. The normalized spacial score (nSPS) is 10.8. The molecule has 0 spiro atoms. The Bertz CT molecular complexity index is 1180. The largest absolute Gasteiger partial charge is 0.489 e. The Labute approximate surface area is 219 Å². The summed E-state index contributed by atoms with van der Waals surface area (Å²) < 4.78 is 26.5. The fourth-order valence-electron chi connectivity index (χ4n) is 4.11. The molecule has 0 saturated heterocycles. The first-order chi connectivity index (χ1) is 17.9. The highest BCUT2D eigenvalue weighted by molar-refractivity contribution is 5.86. The molecule has 1 N–H and O–H groups in total. The standard InChI is InChI=1S/C32H37FO4/c1-4-5-6-8-24-10-13-26(14-11-24)27-15-17-28(30(33)22-27)29-16-12-25(9-7-18-34)21-31(29)36-19-20-37-32(35)23(2)3/h10-17,21-22,34H,2,4-9,18-20H2,1,3H3. The molecule has 0 aromatic heterocycles. The molecule has 0 atom stereocenters. The molecule has 0 aliphatic heterocycles. The van der Waals surface area contributed by atoms with E-state index >= 15 is 4.39 Å². The Morgan fingerprint density at radius 3 is 2.22 bits per heavy atom. The zero-order valence-corrected chi connectivity index (χ0v) is 21.9. The molecule has 0 unspecified atom stereocenters. The molecule has 3 aromatic rings. The van der Waals surface area contributed by atoms with Crippen LogP contribution >= 0.6 is 0 Å². The van der Waals surface area contributed by atoms with Gasteiger partial charge in [-0.3, -0.25) is 0 Å². The van der Waals surface area contributed by atoms with Crippen LogP contribution in [0.2, 0.25) is 0 Å². The Hall–Kier alpha value is -3.44. The zero-order valence-electron chi connectivity index (χ0n) is 21.9. The fraction of sp³-hybridized carbons (Fsp3) is 0.344. The van der Waals surface area contributed by atoms with E-state index in [1.54, 1.807) is 19.1 Å². The van der Waals surface area contributed by atoms with Crippen molar-refractivity contribution in [3.63, 3.8) is 0 Å². The molecule has 37 heavy (non-hydrogen) atoms. The van der Waals surface area contributed by atoms with Crippen LogP contribution in [0.15, 0.2) is 72.8 Å². The van der Waals surface area contributed by atoms with Gasteiger partial charge in [-0.1, -0.05) is 74.9 Å². The van der Waals surface area contributed by atoms with Crippen molar-refractivity contribution in [3.05, 3.63) is 89.8 Å². The predicted octanol–water partition coefficient (Wildman–Crippen LogP) is 7.32. The van der Waals surface area contributed by atoms with Crippen molar-refractivity contribution in [1.82, 2.24) is 0 Å². The molecule has 0 radical (unpaired) electrons. The number of esters is 1. The van der Waals surface area contributed by atoms with Gasteiger partial charge in [-0.15, -0.1) is 0 Å². The van der Waals surface area contributed by atoms with Gasteiger partial charge < -0.3 is 14.6 Å². The molecular weight excluding hydrogens is 467 g/mol. The highest BCUT2D eigenvalue weighted by Crippen LogP contribution is 2.35. The van der Waals surface area contributed by atoms with Crippen LogP contribution in [-0.4, -0.2) is 30.9 Å². The molecule has 3 rings (SSSR count). The number of hydrogen-bond donors (Lipinski definition) is 1. The topological polar surface area (TPSA) is 55.8 Å². The van der Waals surface area contributed by atoms with Gasteiger partial charge >= 0.3 is 5.97 Å². The number of aliphatic hydroxyl groups excluding tert-OH is 1. The molecule has 5 heteroatoms. The number of carbonyl (C=O) groups excluding carboxylic acids is 1. The van der Waals surface area contributed by atoms with Crippen LogP contribution in [0, 0.1) is 5.82 Å². The van der Waals surface area contributed by atoms with E-state index in [2.05, 4.69) is 25.6 Å². The summed E-state index contributed by atoms with van der Waals surface area (Å²) in [5, 5.41) is 9.18. The molecule has 4 nitrogen and oxygen atoms in total. The number of benzene rings is 3. The number of ether oxygens (including phenoxy) is 2. The molecule has 0 fully saturated rings. The van der Waals surface area contributed by atoms with E-state index in [9.17, 15) is 9.90 Å². The van der Waals surface area contributed by atoms with E-state index in [0.717, 1.165) is 23.1 Å². The third-order valence-corrected chi connectivity index (χ3v) is 6.21. The van der Waals surface area contributed by atoms with Crippen molar-refractivity contribution in [2.24, 2.45) is 0 Å². The van der Waals surface area contributed by atoms with E-state index in [0.29, 0.717) is 35.3 Å². The Kier molecular flexibility index (Phi) is 10.9. The summed E-state index contributed by atoms with van der Waals surface area (Å²) in [7, 11) is 0. The minimum Gasteiger partial charge on any atom is -0.489 e. The smallest absolute Gasteiger partial charge is 0.333 e. The average Bonchev–Trinajstić information content (AvgIpc) is 2.90. The summed E-state index contributed by atoms with van der Waals surface area (Å²) in [6, 6.07) is 19.2. The first kappa shape index (κ1) is 28.1. The van der Waals surface area contributed by atoms with Gasteiger partial charge in [-0.05, 0) is 67.0 Å². The van der Waals surface area contributed by atoms with Gasteiger partial charge in [0.05, 0.1) is 0 Å². The van der Waals surface area contributed by atoms with Crippen LogP contribution in [0.5, 0.6) is 5.75 Å². The molecule has 0 bridgehead atoms. The van der Waals surface area contributed by atoms with E-state index in [1.807, 2.05) is 36.4 Å². The first-order valence-corrected chi connectivity index (χ1v) is 13.0. The minimum absolute atomic E-state index is 0.0574. The van der Waals surface area contributed by atoms with Crippen LogP contribution in [-0.2, 0) is 22.4 Å². The monoisotopic (exact) mass is 504 g/mol. The maximum absolute atomic E-state index is 15.4. The lowest BCUT2D eigenvalue weighted by atomic mass is 9.96. The molecule has 0 amide bonds. The second kappa shape index (κ2) is 14.3. The number of carbonyl (C=O) groups is 1. The van der Waals surface area contributed by atoms with Crippen molar-refractivity contribution in [3.8, 4) is 28.0 Å². The fourth-order valence-corrected chi connectivity index (χ4v) is 4.11. The number of hydrogen-bond acceptors (Lipinski definition) is 4. The third-order valence-electron chi connectivity index (χ3n) is 6.21. The minimum atomic E-state index is -0.476. The lowest BCUT2D eigenvalue weighted by Gasteiger charge is -2.15. The number of unbranched alkanes of at least 4 members (excludes halogenated alkanes) is 2. The highest BCUT2D eigenvalue weighted by Gasteiger charge is 2.14. The van der Waals surface area contributed by atoms with Gasteiger partial charge in [0.1, 0.15) is 24.8 Å². The van der Waals surface area contributed by atoms with Crippen LogP contribution in [0.1, 0.15) is 50.7 Å². The van der Waals surface area contributed by atoms with Gasteiger partial charge in [0.2, 0.25) is 0 Å². The summed E-state index contributed by atoms with van der Waals surface area (Å²) in [4.78, 5) is 11.6. The second-order valence-corrected chi connectivity index (χ2v) is 9.27. The first-order valence-electron chi connectivity index (χ1n) is 13.0. The summed E-state index contributed by atoms with van der Waals surface area (Å²) >= 11 is 0. The molecule has 196 valence electrons. The Morgan fingerprint density at radius 1 is 0.865 bits per heavy atom. The van der Waals surface area contributed by atoms with Gasteiger partial charge in [0.25, 0.3) is 0 Å². The lowest BCUT2D eigenvalue weighted by Crippen LogP contribution is -2.13. The number of halogens is 1. The molecule has 0 aliphatic rings.